The van der Waals surface area contributed by atoms with Gasteiger partial charge in [-0.2, -0.15) is 0 Å². The Bertz CT molecular complexity index is 563. The highest BCUT2D eigenvalue weighted by Gasteiger charge is 2.17. The third-order valence-corrected chi connectivity index (χ3v) is 4.69. The first-order valence-electron chi connectivity index (χ1n) is 5.89. The molecule has 1 unspecified atom stereocenters. The molecule has 102 valence electrons. The summed E-state index contributed by atoms with van der Waals surface area (Å²) < 4.78 is 27.6. The van der Waals surface area contributed by atoms with Crippen LogP contribution in [0.2, 0.25) is 4.34 Å². The van der Waals surface area contributed by atoms with Crippen molar-refractivity contribution in [1.82, 2.24) is 5.32 Å². The van der Waals surface area contributed by atoms with E-state index in [1.54, 1.807) is 13.1 Å². The van der Waals surface area contributed by atoms with Crippen molar-refractivity contribution in [3.63, 3.8) is 0 Å². The third kappa shape index (κ3) is 3.14. The molecule has 1 nitrogen and oxygen atoms in total. The van der Waals surface area contributed by atoms with E-state index in [-0.39, 0.29) is 6.04 Å². The van der Waals surface area contributed by atoms with Gasteiger partial charge >= 0.3 is 0 Å². The van der Waals surface area contributed by atoms with Crippen molar-refractivity contribution in [3.8, 4) is 0 Å². The summed E-state index contributed by atoms with van der Waals surface area (Å²) >= 11 is 7.51. The molecule has 0 radical (unpaired) electrons. The van der Waals surface area contributed by atoms with Crippen molar-refractivity contribution < 1.29 is 8.78 Å². The van der Waals surface area contributed by atoms with Gasteiger partial charge in [0.2, 0.25) is 0 Å². The lowest BCUT2D eigenvalue weighted by Crippen LogP contribution is -2.18. The fraction of sp³-hybridized carbons (Fsp3) is 0.286. The normalized spacial score (nSPS) is 12.7. The zero-order valence-electron chi connectivity index (χ0n) is 10.6. The van der Waals surface area contributed by atoms with Gasteiger partial charge in [-0.05, 0) is 43.7 Å². The molecule has 0 aliphatic carbocycles. The van der Waals surface area contributed by atoms with Crippen LogP contribution in [-0.2, 0) is 6.42 Å². The maximum atomic E-state index is 13.7. The summed E-state index contributed by atoms with van der Waals surface area (Å²) in [5.74, 6) is -1.59. The summed E-state index contributed by atoms with van der Waals surface area (Å²) in [6.45, 7) is 1.93. The fourth-order valence-corrected chi connectivity index (χ4v) is 3.25. The Labute approximate surface area is 120 Å². The predicted octanol–water partition coefficient (Wildman–Crippen LogP) is 4.49. The van der Waals surface area contributed by atoms with Crippen molar-refractivity contribution in [2.75, 3.05) is 7.05 Å². The number of hydrogen-bond acceptors (Lipinski definition) is 2. The Hall–Kier alpha value is -0.970. The second-order valence-corrected chi connectivity index (χ2v) is 6.05. The SMILES string of the molecule is CNC(Cc1cccc(F)c1F)c1cc(C)c(Cl)s1. The molecule has 1 aromatic carbocycles. The molecule has 0 saturated heterocycles. The lowest BCUT2D eigenvalue weighted by Gasteiger charge is -2.15. The van der Waals surface area contributed by atoms with Crippen molar-refractivity contribution in [3.05, 3.63) is 56.2 Å². The van der Waals surface area contributed by atoms with Gasteiger partial charge in [0.05, 0.1) is 4.34 Å². The van der Waals surface area contributed by atoms with Crippen LogP contribution in [0.15, 0.2) is 24.3 Å². The smallest absolute Gasteiger partial charge is 0.162 e. The van der Waals surface area contributed by atoms with Gasteiger partial charge in [-0.3, -0.25) is 0 Å². The molecule has 1 N–H and O–H groups in total. The van der Waals surface area contributed by atoms with Gasteiger partial charge in [0.25, 0.3) is 0 Å². The maximum absolute atomic E-state index is 13.7. The molecule has 0 fully saturated rings. The molecular weight excluding hydrogens is 288 g/mol. The molecular formula is C14H14ClF2NS. The topological polar surface area (TPSA) is 12.0 Å². The summed E-state index contributed by atoms with van der Waals surface area (Å²) in [6.07, 6.45) is 0.385. The van der Waals surface area contributed by atoms with E-state index in [1.165, 1.54) is 17.4 Å². The van der Waals surface area contributed by atoms with Crippen molar-refractivity contribution in [2.45, 2.75) is 19.4 Å². The van der Waals surface area contributed by atoms with E-state index >= 15 is 0 Å². The number of rotatable bonds is 4. The van der Waals surface area contributed by atoms with Crippen LogP contribution in [0.3, 0.4) is 0 Å². The van der Waals surface area contributed by atoms with Gasteiger partial charge in [-0.1, -0.05) is 23.7 Å². The predicted molar refractivity (Wildman–Crippen MR) is 75.9 cm³/mol. The van der Waals surface area contributed by atoms with Crippen LogP contribution in [0, 0.1) is 18.6 Å². The van der Waals surface area contributed by atoms with E-state index in [0.717, 1.165) is 20.8 Å². The maximum Gasteiger partial charge on any atom is 0.162 e. The van der Waals surface area contributed by atoms with Crippen molar-refractivity contribution in [1.29, 1.82) is 0 Å². The quantitative estimate of drug-likeness (QED) is 0.877. The lowest BCUT2D eigenvalue weighted by molar-refractivity contribution is 0.488. The summed E-state index contributed by atoms with van der Waals surface area (Å²) in [5, 5.41) is 3.12. The summed E-state index contributed by atoms with van der Waals surface area (Å²) in [4.78, 5) is 1.02. The molecule has 19 heavy (non-hydrogen) atoms. The second-order valence-electron chi connectivity index (χ2n) is 4.36. The first-order chi connectivity index (χ1) is 9.02. The van der Waals surface area contributed by atoms with Gasteiger partial charge in [-0.15, -0.1) is 11.3 Å². The molecule has 0 bridgehead atoms. The summed E-state index contributed by atoms with van der Waals surface area (Å²) in [5.41, 5.74) is 1.36. The zero-order chi connectivity index (χ0) is 14.0. The minimum Gasteiger partial charge on any atom is -0.312 e. The molecule has 1 atom stereocenters. The van der Waals surface area contributed by atoms with Crippen LogP contribution >= 0.6 is 22.9 Å². The Balaban J connectivity index is 2.26. The first kappa shape index (κ1) is 14.4. The van der Waals surface area contributed by atoms with E-state index in [4.69, 9.17) is 11.6 Å². The molecule has 0 saturated carbocycles. The van der Waals surface area contributed by atoms with Crippen LogP contribution in [0.1, 0.15) is 22.0 Å². The fourth-order valence-electron chi connectivity index (χ4n) is 1.93. The zero-order valence-corrected chi connectivity index (χ0v) is 12.2. The highest BCUT2D eigenvalue weighted by atomic mass is 35.5. The minimum absolute atomic E-state index is 0.0764. The third-order valence-electron chi connectivity index (χ3n) is 3.02. The van der Waals surface area contributed by atoms with E-state index in [1.807, 2.05) is 13.0 Å². The van der Waals surface area contributed by atoms with Crippen LogP contribution in [-0.4, -0.2) is 7.05 Å². The number of aryl methyl sites for hydroxylation is 1. The molecule has 0 amide bonds. The van der Waals surface area contributed by atoms with Crippen LogP contribution < -0.4 is 5.32 Å². The number of benzene rings is 1. The molecule has 0 aliphatic heterocycles. The van der Waals surface area contributed by atoms with E-state index in [2.05, 4.69) is 5.32 Å². The molecule has 1 aromatic heterocycles. The average Bonchev–Trinajstić information content (AvgIpc) is 2.71. The first-order valence-corrected chi connectivity index (χ1v) is 7.08. The highest BCUT2D eigenvalue weighted by Crippen LogP contribution is 2.32. The standard InChI is InChI=1S/C14H14ClF2NS/c1-8-6-12(19-14(8)15)11(18-2)7-9-4-3-5-10(16)13(9)17/h3-6,11,18H,7H2,1-2H3. The molecule has 5 heteroatoms. The average molecular weight is 302 g/mol. The van der Waals surface area contributed by atoms with Crippen LogP contribution in [0.4, 0.5) is 8.78 Å². The largest absolute Gasteiger partial charge is 0.312 e. The Kier molecular flexibility index (Phi) is 4.55. The molecule has 1 heterocycles. The highest BCUT2D eigenvalue weighted by molar-refractivity contribution is 7.16. The van der Waals surface area contributed by atoms with Gasteiger partial charge < -0.3 is 5.32 Å². The molecule has 2 rings (SSSR count). The Morgan fingerprint density at radius 3 is 2.68 bits per heavy atom. The Morgan fingerprint density at radius 2 is 2.11 bits per heavy atom. The number of nitrogens with one attached hydrogen (secondary N) is 1. The lowest BCUT2D eigenvalue weighted by atomic mass is 10.0. The monoisotopic (exact) mass is 301 g/mol. The minimum atomic E-state index is -0.812. The number of likely N-dealkylation sites (N-methyl/N-ethyl adjacent to an activating group) is 1. The van der Waals surface area contributed by atoms with E-state index < -0.39 is 11.6 Å². The van der Waals surface area contributed by atoms with Gasteiger partial charge in [0, 0.05) is 10.9 Å². The van der Waals surface area contributed by atoms with Crippen LogP contribution in [0.25, 0.3) is 0 Å². The van der Waals surface area contributed by atoms with Gasteiger partial charge in [0.15, 0.2) is 11.6 Å². The molecule has 2 aromatic rings. The van der Waals surface area contributed by atoms with Crippen LogP contribution in [0.5, 0.6) is 0 Å². The summed E-state index contributed by atoms with van der Waals surface area (Å²) in [6, 6.07) is 6.15. The number of halogens is 3. The van der Waals surface area contributed by atoms with Gasteiger partial charge in [-0.25, -0.2) is 8.78 Å². The Morgan fingerprint density at radius 1 is 1.37 bits per heavy atom. The second kappa shape index (κ2) is 5.99. The number of hydrogen-bond donors (Lipinski definition) is 1. The van der Waals surface area contributed by atoms with Crippen molar-refractivity contribution >= 4 is 22.9 Å². The number of thiophene rings is 1. The van der Waals surface area contributed by atoms with E-state index in [0.29, 0.717) is 12.0 Å². The summed E-state index contributed by atoms with van der Waals surface area (Å²) in [7, 11) is 1.80. The van der Waals surface area contributed by atoms with Crippen molar-refractivity contribution in [2.24, 2.45) is 0 Å². The van der Waals surface area contributed by atoms with E-state index in [9.17, 15) is 8.78 Å². The molecule has 0 aliphatic rings. The molecule has 0 spiro atoms. The van der Waals surface area contributed by atoms with Gasteiger partial charge in [0.1, 0.15) is 0 Å².